The lowest BCUT2D eigenvalue weighted by Crippen LogP contribution is -2.36. The highest BCUT2D eigenvalue weighted by atomic mass is 79.9. The van der Waals surface area contributed by atoms with Crippen LogP contribution in [0.5, 0.6) is 0 Å². The average Bonchev–Trinajstić information content (AvgIpc) is 2.89. The summed E-state index contributed by atoms with van der Waals surface area (Å²) in [6, 6.07) is 7.37. The van der Waals surface area contributed by atoms with E-state index in [0.29, 0.717) is 6.04 Å². The maximum atomic E-state index is 4.17. The van der Waals surface area contributed by atoms with E-state index in [0.717, 1.165) is 52.0 Å². The summed E-state index contributed by atoms with van der Waals surface area (Å²) in [5.74, 6) is 0. The monoisotopic (exact) mass is 557 g/mol. The van der Waals surface area contributed by atoms with Crippen molar-refractivity contribution >= 4 is 22.6 Å². The lowest BCUT2D eigenvalue weighted by molar-refractivity contribution is 0.185. The Balaban J connectivity index is 0.00000596. The van der Waals surface area contributed by atoms with Gasteiger partial charge in [0.2, 0.25) is 0 Å². The van der Waals surface area contributed by atoms with Crippen LogP contribution < -0.4 is 0 Å². The van der Waals surface area contributed by atoms with Crippen LogP contribution in [0.3, 0.4) is 0 Å². The molecule has 0 N–H and O–H groups in total. The van der Waals surface area contributed by atoms with Crippen molar-refractivity contribution in [1.29, 1.82) is 0 Å². The molecule has 0 radical (unpaired) electrons. The van der Waals surface area contributed by atoms with Gasteiger partial charge in [-0.05, 0) is 102 Å². The van der Waals surface area contributed by atoms with Gasteiger partial charge in [-0.1, -0.05) is 73.0 Å². The summed E-state index contributed by atoms with van der Waals surface area (Å²) < 4.78 is 1.18. The summed E-state index contributed by atoms with van der Waals surface area (Å²) in [7, 11) is 0. The van der Waals surface area contributed by atoms with E-state index in [4.69, 9.17) is 0 Å². The van der Waals surface area contributed by atoms with Gasteiger partial charge in [-0.15, -0.1) is 12.8 Å². The van der Waals surface area contributed by atoms with Crippen LogP contribution in [0.4, 0.5) is 0 Å². The van der Waals surface area contributed by atoms with Gasteiger partial charge in [-0.2, -0.15) is 0 Å². The van der Waals surface area contributed by atoms with Gasteiger partial charge in [0.1, 0.15) is 0 Å². The second-order valence-corrected chi connectivity index (χ2v) is 10.3. The van der Waals surface area contributed by atoms with Gasteiger partial charge in [0.05, 0.1) is 6.54 Å². The van der Waals surface area contributed by atoms with Crippen LogP contribution in [0, 0.1) is 19.8 Å². The topological polar surface area (TPSA) is 18.8 Å². The van der Waals surface area contributed by atoms with Crippen molar-refractivity contribution in [3.05, 3.63) is 57.1 Å². The lowest BCUT2D eigenvalue weighted by atomic mass is 9.93. The Morgan fingerprint density at radius 1 is 1.14 bits per heavy atom. The fourth-order valence-corrected chi connectivity index (χ4v) is 4.95. The average molecular weight is 559 g/mol. The molecule has 202 valence electrons. The summed E-state index contributed by atoms with van der Waals surface area (Å²) in [5.41, 5.74) is 5.93. The molecule has 0 aromatic heterocycles. The molecule has 0 bridgehead atoms. The largest absolute Gasteiger partial charge is 0.304 e. The summed E-state index contributed by atoms with van der Waals surface area (Å²) >= 11 is 3.67. The zero-order valence-electron chi connectivity index (χ0n) is 24.0. The molecule has 0 amide bonds. The van der Waals surface area contributed by atoms with Crippen LogP contribution in [0.2, 0.25) is 0 Å². The number of allylic oxidation sites excluding steroid dienone is 4. The minimum absolute atomic E-state index is 0.534. The summed E-state index contributed by atoms with van der Waals surface area (Å²) in [6.45, 7) is 23.5. The molecule has 0 spiro atoms. The van der Waals surface area contributed by atoms with E-state index >= 15 is 0 Å². The number of benzene rings is 1. The Morgan fingerprint density at radius 2 is 1.83 bits per heavy atom. The number of hydrogen-bond acceptors (Lipinski definition) is 3. The van der Waals surface area contributed by atoms with Crippen LogP contribution in [0.1, 0.15) is 83.4 Å². The number of terminal acetylenes is 1. The lowest BCUT2D eigenvalue weighted by Gasteiger charge is -2.30. The van der Waals surface area contributed by atoms with Gasteiger partial charge in [-0.25, -0.2) is 0 Å². The Morgan fingerprint density at radius 3 is 2.42 bits per heavy atom. The fraction of sp³-hybridized carbons (Fsp3) is 0.594. The molecule has 0 aliphatic heterocycles. The summed E-state index contributed by atoms with van der Waals surface area (Å²) in [5, 5.41) is 0. The van der Waals surface area contributed by atoms with Crippen molar-refractivity contribution in [1.82, 2.24) is 9.80 Å². The first-order valence-corrected chi connectivity index (χ1v) is 14.5. The highest BCUT2D eigenvalue weighted by molar-refractivity contribution is 9.11. The predicted molar refractivity (Wildman–Crippen MR) is 166 cm³/mol. The molecule has 3 nitrogen and oxygen atoms in total. The molecule has 1 rings (SSSR count). The van der Waals surface area contributed by atoms with Gasteiger partial charge in [0.25, 0.3) is 0 Å². The van der Waals surface area contributed by atoms with Gasteiger partial charge < -0.3 is 4.90 Å². The molecule has 1 aromatic rings. The predicted octanol–water partition coefficient (Wildman–Crippen LogP) is 8.22. The minimum Gasteiger partial charge on any atom is -0.304 e. The third-order valence-corrected chi connectivity index (χ3v) is 7.61. The molecule has 1 atom stereocenters. The molecule has 1 aromatic carbocycles. The van der Waals surface area contributed by atoms with E-state index in [1.807, 2.05) is 0 Å². The SMILES string of the molecule is C#C.C=NCCN(Cc1cccc(C)c1CC/C(=C/C(Br)=C\C)CCC)C(C)CCCN(CC)CC. The molecular formula is C32H52BrN3. The zero-order valence-corrected chi connectivity index (χ0v) is 25.6. The van der Waals surface area contributed by atoms with E-state index in [9.17, 15) is 0 Å². The van der Waals surface area contributed by atoms with Crippen molar-refractivity contribution < 1.29 is 0 Å². The Bertz CT molecular complexity index is 805. The molecule has 0 saturated carbocycles. The molecule has 1 unspecified atom stereocenters. The van der Waals surface area contributed by atoms with Gasteiger partial charge in [0.15, 0.2) is 0 Å². The summed E-state index contributed by atoms with van der Waals surface area (Å²) in [6.07, 6.45) is 19.5. The Hall–Kier alpha value is -1.67. The molecule has 4 heteroatoms. The van der Waals surface area contributed by atoms with E-state index in [-0.39, 0.29) is 0 Å². The van der Waals surface area contributed by atoms with E-state index < -0.39 is 0 Å². The van der Waals surface area contributed by atoms with E-state index in [1.165, 1.54) is 52.6 Å². The van der Waals surface area contributed by atoms with Crippen LogP contribution in [-0.4, -0.2) is 55.3 Å². The van der Waals surface area contributed by atoms with Crippen molar-refractivity contribution in [2.45, 2.75) is 92.7 Å². The maximum absolute atomic E-state index is 4.17. The summed E-state index contributed by atoms with van der Waals surface area (Å²) in [4.78, 5) is 9.31. The molecule has 0 fully saturated rings. The molecule has 36 heavy (non-hydrogen) atoms. The third kappa shape index (κ3) is 13.6. The van der Waals surface area contributed by atoms with E-state index in [1.54, 1.807) is 0 Å². The first-order valence-electron chi connectivity index (χ1n) is 13.7. The van der Waals surface area contributed by atoms with Gasteiger partial charge in [0, 0.05) is 23.6 Å². The standard InChI is InChI=1S/C30H50BrN3.C2H2/c1-8-14-27(23-29(31)9-2)18-19-30-25(5)15-12-17-28(30)24-34(22-20-32-7)26(6)16-13-21-33(10-3)11-4;1-2/h9,12,15,17,23,26H,7-8,10-11,13-14,16,18-22,24H2,1-6H3;1-2H/b27-23+,29-9+;. The van der Waals surface area contributed by atoms with Crippen LogP contribution in [0.25, 0.3) is 0 Å². The molecule has 0 aliphatic carbocycles. The van der Waals surface area contributed by atoms with E-state index in [2.05, 4.69) is 122 Å². The Labute approximate surface area is 232 Å². The maximum Gasteiger partial charge on any atom is 0.0509 e. The number of aliphatic imine (C=N–C) groups is 1. The van der Waals surface area contributed by atoms with Crippen LogP contribution in [0.15, 0.2) is 45.4 Å². The van der Waals surface area contributed by atoms with Crippen LogP contribution in [-0.2, 0) is 13.0 Å². The quantitative estimate of drug-likeness (QED) is 0.103. The molecular weight excluding hydrogens is 506 g/mol. The smallest absolute Gasteiger partial charge is 0.0509 e. The first-order chi connectivity index (χ1) is 17.4. The van der Waals surface area contributed by atoms with Crippen LogP contribution >= 0.6 is 15.9 Å². The van der Waals surface area contributed by atoms with Gasteiger partial charge in [-0.3, -0.25) is 9.89 Å². The van der Waals surface area contributed by atoms with Crippen molar-refractivity contribution in [2.24, 2.45) is 4.99 Å². The number of halogens is 1. The van der Waals surface area contributed by atoms with Gasteiger partial charge >= 0.3 is 0 Å². The van der Waals surface area contributed by atoms with Crippen molar-refractivity contribution in [3.63, 3.8) is 0 Å². The molecule has 0 aliphatic rings. The number of rotatable bonds is 18. The normalized spacial score (nSPS) is 13.0. The highest BCUT2D eigenvalue weighted by Gasteiger charge is 2.17. The minimum atomic E-state index is 0.534. The fourth-order valence-electron chi connectivity index (χ4n) is 4.63. The molecule has 0 saturated heterocycles. The second kappa shape index (κ2) is 21.4. The highest BCUT2D eigenvalue weighted by Crippen LogP contribution is 2.24. The Kier molecular flexibility index (Phi) is 20.4. The number of aryl methyl sites for hydroxylation is 1. The molecule has 0 heterocycles. The number of hydrogen-bond donors (Lipinski definition) is 0. The zero-order chi connectivity index (χ0) is 27.3. The van der Waals surface area contributed by atoms with Crippen molar-refractivity contribution in [3.8, 4) is 12.8 Å². The number of nitrogens with zero attached hydrogens (tertiary/aromatic N) is 3. The third-order valence-electron chi connectivity index (χ3n) is 6.93. The second-order valence-electron chi connectivity index (χ2n) is 9.37. The van der Waals surface area contributed by atoms with Crippen molar-refractivity contribution in [2.75, 3.05) is 32.7 Å². The first kappa shape index (κ1) is 34.3.